The molecule has 17 heavy (non-hydrogen) atoms. The molecule has 5 nitrogen and oxygen atoms in total. The van der Waals surface area contributed by atoms with Crippen LogP contribution in [0.4, 0.5) is 0 Å². The summed E-state index contributed by atoms with van der Waals surface area (Å²) in [5, 5.41) is 8.98. The van der Waals surface area contributed by atoms with Crippen molar-refractivity contribution >= 4 is 5.97 Å². The number of hydrogen-bond acceptors (Lipinski definition) is 3. The molecule has 1 aromatic heterocycles. The lowest BCUT2D eigenvalue weighted by molar-refractivity contribution is 0.0691. The summed E-state index contributed by atoms with van der Waals surface area (Å²) in [6, 6.07) is 6.54. The lowest BCUT2D eigenvalue weighted by Crippen LogP contribution is -2.06. The Kier molecular flexibility index (Phi) is 3.09. The number of aryl methyl sites for hydroxylation is 1. The van der Waals surface area contributed by atoms with Gasteiger partial charge in [0.25, 0.3) is 0 Å². The maximum atomic E-state index is 10.9. The minimum atomic E-state index is -1.000. The van der Waals surface area contributed by atoms with Crippen LogP contribution in [0.3, 0.4) is 0 Å². The quantitative estimate of drug-likeness (QED) is 0.871. The SMILES string of the molecule is Cn1ccnc1COc1ccccc1C(=O)O. The van der Waals surface area contributed by atoms with Crippen LogP contribution in [0, 0.1) is 0 Å². The molecular formula is C12H12N2O3. The molecule has 1 aromatic carbocycles. The first-order chi connectivity index (χ1) is 8.18. The summed E-state index contributed by atoms with van der Waals surface area (Å²) >= 11 is 0. The number of hydrogen-bond donors (Lipinski definition) is 1. The minimum Gasteiger partial charge on any atom is -0.485 e. The average molecular weight is 232 g/mol. The van der Waals surface area contributed by atoms with E-state index in [0.717, 1.165) is 5.82 Å². The number of benzene rings is 1. The van der Waals surface area contributed by atoms with Gasteiger partial charge in [0.05, 0.1) is 0 Å². The summed E-state index contributed by atoms with van der Waals surface area (Å²) in [5.74, 6) is 0.0913. The number of carboxylic acid groups (broad SMARTS) is 1. The maximum absolute atomic E-state index is 10.9. The van der Waals surface area contributed by atoms with E-state index in [0.29, 0.717) is 5.75 Å². The van der Waals surface area contributed by atoms with Gasteiger partial charge in [-0.1, -0.05) is 12.1 Å². The van der Waals surface area contributed by atoms with E-state index in [4.69, 9.17) is 9.84 Å². The van der Waals surface area contributed by atoms with Gasteiger partial charge in [0.2, 0.25) is 0 Å². The molecule has 88 valence electrons. The third-order valence-corrected chi connectivity index (χ3v) is 2.40. The van der Waals surface area contributed by atoms with Crippen molar-refractivity contribution in [3.63, 3.8) is 0 Å². The van der Waals surface area contributed by atoms with Gasteiger partial charge in [-0.05, 0) is 12.1 Å². The first-order valence-electron chi connectivity index (χ1n) is 5.10. The smallest absolute Gasteiger partial charge is 0.339 e. The molecule has 1 N–H and O–H groups in total. The number of para-hydroxylation sites is 1. The number of carbonyl (C=O) groups is 1. The van der Waals surface area contributed by atoms with Gasteiger partial charge in [-0.25, -0.2) is 9.78 Å². The Morgan fingerprint density at radius 1 is 1.47 bits per heavy atom. The highest BCUT2D eigenvalue weighted by Gasteiger charge is 2.10. The largest absolute Gasteiger partial charge is 0.485 e. The molecule has 2 rings (SSSR count). The van der Waals surface area contributed by atoms with Crippen molar-refractivity contribution in [1.82, 2.24) is 9.55 Å². The zero-order chi connectivity index (χ0) is 12.3. The van der Waals surface area contributed by atoms with Crippen LogP contribution in [0.25, 0.3) is 0 Å². The summed E-state index contributed by atoms with van der Waals surface area (Å²) in [5.41, 5.74) is 0.154. The van der Waals surface area contributed by atoms with E-state index in [2.05, 4.69) is 4.98 Å². The summed E-state index contributed by atoms with van der Waals surface area (Å²) in [6.45, 7) is 0.244. The number of imidazole rings is 1. The number of carboxylic acids is 1. The van der Waals surface area contributed by atoms with Crippen molar-refractivity contribution in [1.29, 1.82) is 0 Å². The molecular weight excluding hydrogens is 220 g/mol. The molecule has 2 aromatic rings. The van der Waals surface area contributed by atoms with E-state index in [9.17, 15) is 4.79 Å². The fraction of sp³-hybridized carbons (Fsp3) is 0.167. The minimum absolute atomic E-state index is 0.154. The van der Waals surface area contributed by atoms with E-state index in [-0.39, 0.29) is 12.2 Å². The van der Waals surface area contributed by atoms with Crippen molar-refractivity contribution < 1.29 is 14.6 Å². The van der Waals surface area contributed by atoms with E-state index in [1.54, 1.807) is 24.4 Å². The normalized spacial score (nSPS) is 10.2. The van der Waals surface area contributed by atoms with Gasteiger partial charge in [-0.3, -0.25) is 0 Å². The van der Waals surface area contributed by atoms with E-state index in [1.165, 1.54) is 6.07 Å². The van der Waals surface area contributed by atoms with E-state index in [1.807, 2.05) is 17.8 Å². The zero-order valence-corrected chi connectivity index (χ0v) is 9.33. The highest BCUT2D eigenvalue weighted by atomic mass is 16.5. The number of nitrogens with zero attached hydrogens (tertiary/aromatic N) is 2. The van der Waals surface area contributed by atoms with Crippen molar-refractivity contribution in [3.8, 4) is 5.75 Å². The van der Waals surface area contributed by atoms with Crippen LogP contribution in [-0.4, -0.2) is 20.6 Å². The Bertz CT molecular complexity index is 534. The van der Waals surface area contributed by atoms with Gasteiger partial charge >= 0.3 is 5.97 Å². The van der Waals surface area contributed by atoms with Crippen molar-refractivity contribution in [2.45, 2.75) is 6.61 Å². The number of aromatic nitrogens is 2. The van der Waals surface area contributed by atoms with Gasteiger partial charge in [0.15, 0.2) is 0 Å². The second-order valence-corrected chi connectivity index (χ2v) is 3.54. The molecule has 0 amide bonds. The van der Waals surface area contributed by atoms with E-state index < -0.39 is 5.97 Å². The lowest BCUT2D eigenvalue weighted by Gasteiger charge is -2.08. The Hall–Kier alpha value is -2.30. The third kappa shape index (κ3) is 2.44. The fourth-order valence-electron chi connectivity index (χ4n) is 1.45. The molecule has 0 radical (unpaired) electrons. The molecule has 0 bridgehead atoms. The molecule has 0 saturated heterocycles. The Morgan fingerprint density at radius 2 is 2.24 bits per heavy atom. The fourth-order valence-corrected chi connectivity index (χ4v) is 1.45. The van der Waals surface area contributed by atoms with Gasteiger partial charge < -0.3 is 14.4 Å². The Morgan fingerprint density at radius 3 is 2.88 bits per heavy atom. The number of rotatable bonds is 4. The van der Waals surface area contributed by atoms with Gasteiger partial charge in [-0.2, -0.15) is 0 Å². The van der Waals surface area contributed by atoms with Gasteiger partial charge in [0, 0.05) is 19.4 Å². The molecule has 0 spiro atoms. The third-order valence-electron chi connectivity index (χ3n) is 2.40. The topological polar surface area (TPSA) is 64.4 Å². The summed E-state index contributed by atoms with van der Waals surface area (Å²) in [6.07, 6.45) is 3.48. The lowest BCUT2D eigenvalue weighted by atomic mass is 10.2. The van der Waals surface area contributed by atoms with E-state index >= 15 is 0 Å². The monoisotopic (exact) mass is 232 g/mol. The van der Waals surface area contributed by atoms with Gasteiger partial charge in [0.1, 0.15) is 23.7 Å². The molecule has 0 atom stereocenters. The van der Waals surface area contributed by atoms with Crippen molar-refractivity contribution in [3.05, 3.63) is 48.0 Å². The van der Waals surface area contributed by atoms with Crippen molar-refractivity contribution in [2.24, 2.45) is 7.05 Å². The van der Waals surface area contributed by atoms with Crippen LogP contribution in [0.2, 0.25) is 0 Å². The zero-order valence-electron chi connectivity index (χ0n) is 9.33. The summed E-state index contributed by atoms with van der Waals surface area (Å²) < 4.78 is 7.28. The molecule has 0 fully saturated rings. The highest BCUT2D eigenvalue weighted by Crippen LogP contribution is 2.18. The van der Waals surface area contributed by atoms with Crippen LogP contribution in [-0.2, 0) is 13.7 Å². The number of ether oxygens (including phenoxy) is 1. The van der Waals surface area contributed by atoms with Gasteiger partial charge in [-0.15, -0.1) is 0 Å². The second-order valence-electron chi connectivity index (χ2n) is 3.54. The van der Waals surface area contributed by atoms with Crippen LogP contribution in [0.1, 0.15) is 16.2 Å². The molecule has 5 heteroatoms. The van der Waals surface area contributed by atoms with Crippen LogP contribution >= 0.6 is 0 Å². The van der Waals surface area contributed by atoms with Crippen molar-refractivity contribution in [2.75, 3.05) is 0 Å². The molecule has 1 heterocycles. The molecule has 0 saturated carbocycles. The Labute approximate surface area is 98.3 Å². The molecule has 0 aliphatic heterocycles. The molecule has 0 aliphatic carbocycles. The standard InChI is InChI=1S/C12H12N2O3/c1-14-7-6-13-11(14)8-17-10-5-3-2-4-9(10)12(15)16/h2-7H,8H2,1H3,(H,15,16). The Balaban J connectivity index is 2.14. The summed E-state index contributed by atoms with van der Waals surface area (Å²) in [7, 11) is 1.86. The van der Waals surface area contributed by atoms with Crippen LogP contribution in [0.15, 0.2) is 36.7 Å². The average Bonchev–Trinajstić information content (AvgIpc) is 2.72. The van der Waals surface area contributed by atoms with Crippen LogP contribution in [0.5, 0.6) is 5.75 Å². The maximum Gasteiger partial charge on any atom is 0.339 e. The summed E-state index contributed by atoms with van der Waals surface area (Å²) in [4.78, 5) is 15.0. The first-order valence-corrected chi connectivity index (χ1v) is 5.10. The predicted octanol–water partition coefficient (Wildman–Crippen LogP) is 1.70. The highest BCUT2D eigenvalue weighted by molar-refractivity contribution is 5.90. The van der Waals surface area contributed by atoms with Crippen LogP contribution < -0.4 is 4.74 Å². The molecule has 0 unspecified atom stereocenters. The predicted molar refractivity (Wildman–Crippen MR) is 60.9 cm³/mol. The first kappa shape index (κ1) is 11.2. The second kappa shape index (κ2) is 4.69. The molecule has 0 aliphatic rings. The number of aromatic carboxylic acids is 1.